The Hall–Kier alpha value is -3.49. The molecule has 0 spiro atoms. The van der Waals surface area contributed by atoms with Crippen LogP contribution >= 0.6 is 0 Å². The van der Waals surface area contributed by atoms with Gasteiger partial charge in [-0.1, -0.05) is 86.3 Å². The van der Waals surface area contributed by atoms with Gasteiger partial charge in [0.1, 0.15) is 6.61 Å². The SMILES string of the molecule is C=CCOC(=O)Nc1ccc(C2OC(CN(C)C(C)c3ccccc3)C(C)C(c3ccc(CO)cc3)O2)cc1. The van der Waals surface area contributed by atoms with Gasteiger partial charge in [0.15, 0.2) is 6.29 Å². The van der Waals surface area contributed by atoms with Gasteiger partial charge >= 0.3 is 6.09 Å². The topological polar surface area (TPSA) is 80.3 Å². The van der Waals surface area contributed by atoms with E-state index in [1.54, 1.807) is 12.1 Å². The van der Waals surface area contributed by atoms with Crippen LogP contribution in [0, 0.1) is 5.92 Å². The monoisotopic (exact) mass is 530 g/mol. The Morgan fingerprint density at radius 3 is 2.36 bits per heavy atom. The molecule has 3 aromatic carbocycles. The van der Waals surface area contributed by atoms with Crippen LogP contribution in [-0.4, -0.2) is 42.4 Å². The maximum atomic E-state index is 11.9. The van der Waals surface area contributed by atoms with Crippen molar-refractivity contribution in [3.8, 4) is 0 Å². The average Bonchev–Trinajstić information content (AvgIpc) is 2.97. The van der Waals surface area contributed by atoms with Gasteiger partial charge in [-0.15, -0.1) is 0 Å². The fourth-order valence-electron chi connectivity index (χ4n) is 4.77. The molecule has 5 atom stereocenters. The van der Waals surface area contributed by atoms with E-state index in [0.29, 0.717) is 5.69 Å². The van der Waals surface area contributed by atoms with Crippen molar-refractivity contribution in [3.63, 3.8) is 0 Å². The smallest absolute Gasteiger partial charge is 0.411 e. The summed E-state index contributed by atoms with van der Waals surface area (Å²) in [6, 6.07) is 26.0. The predicted octanol–water partition coefficient (Wildman–Crippen LogP) is 6.40. The van der Waals surface area contributed by atoms with Crippen molar-refractivity contribution in [2.24, 2.45) is 5.92 Å². The summed E-state index contributed by atoms with van der Waals surface area (Å²) in [5.41, 5.74) is 4.62. The largest absolute Gasteiger partial charge is 0.445 e. The second-order valence-corrected chi connectivity index (χ2v) is 9.98. The number of hydrogen-bond acceptors (Lipinski definition) is 6. The molecule has 2 N–H and O–H groups in total. The number of carbonyl (C=O) groups excluding carboxylic acids is 1. The molecule has 7 nitrogen and oxygen atoms in total. The van der Waals surface area contributed by atoms with Crippen molar-refractivity contribution >= 4 is 11.8 Å². The Morgan fingerprint density at radius 2 is 1.72 bits per heavy atom. The van der Waals surface area contributed by atoms with Crippen molar-refractivity contribution in [2.75, 3.05) is 25.5 Å². The lowest BCUT2D eigenvalue weighted by atomic mass is 9.89. The third-order valence-corrected chi connectivity index (χ3v) is 7.30. The second-order valence-electron chi connectivity index (χ2n) is 9.98. The van der Waals surface area contributed by atoms with Crippen LogP contribution in [0.15, 0.2) is 91.5 Å². The fraction of sp³-hybridized carbons (Fsp3) is 0.344. The quantitative estimate of drug-likeness (QED) is 0.295. The lowest BCUT2D eigenvalue weighted by molar-refractivity contribution is -0.276. The van der Waals surface area contributed by atoms with E-state index in [4.69, 9.17) is 14.2 Å². The summed E-state index contributed by atoms with van der Waals surface area (Å²) in [5, 5.41) is 12.2. The molecule has 0 aromatic heterocycles. The third kappa shape index (κ3) is 7.34. The highest BCUT2D eigenvalue weighted by Gasteiger charge is 2.39. The van der Waals surface area contributed by atoms with Crippen molar-refractivity contribution in [2.45, 2.75) is 45.0 Å². The first kappa shape index (κ1) is 28.5. The van der Waals surface area contributed by atoms with Gasteiger partial charge in [-0.25, -0.2) is 4.79 Å². The van der Waals surface area contributed by atoms with E-state index in [1.165, 1.54) is 11.6 Å². The molecular formula is C32H38N2O5. The Labute approximate surface area is 231 Å². The average molecular weight is 531 g/mol. The van der Waals surface area contributed by atoms with E-state index < -0.39 is 12.4 Å². The van der Waals surface area contributed by atoms with Crippen molar-refractivity contribution in [1.82, 2.24) is 4.90 Å². The van der Waals surface area contributed by atoms with Gasteiger partial charge in [-0.2, -0.15) is 0 Å². The van der Waals surface area contributed by atoms with E-state index in [-0.39, 0.29) is 37.4 Å². The molecule has 0 radical (unpaired) electrons. The van der Waals surface area contributed by atoms with Gasteiger partial charge in [-0.05, 0) is 42.8 Å². The van der Waals surface area contributed by atoms with Crippen LogP contribution in [0.1, 0.15) is 54.5 Å². The van der Waals surface area contributed by atoms with Gasteiger partial charge in [0.05, 0.1) is 18.8 Å². The van der Waals surface area contributed by atoms with Gasteiger partial charge in [0.2, 0.25) is 0 Å². The van der Waals surface area contributed by atoms with Crippen LogP contribution in [-0.2, 0) is 20.8 Å². The lowest BCUT2D eigenvalue weighted by Gasteiger charge is -2.43. The zero-order valence-electron chi connectivity index (χ0n) is 22.8. The fourth-order valence-corrected chi connectivity index (χ4v) is 4.77. The summed E-state index contributed by atoms with van der Waals surface area (Å²) in [6.07, 6.45) is 0.0891. The molecule has 1 amide bonds. The Kier molecular flexibility index (Phi) is 9.90. The Morgan fingerprint density at radius 1 is 1.05 bits per heavy atom. The molecule has 1 fully saturated rings. The summed E-state index contributed by atoms with van der Waals surface area (Å²) in [6.45, 7) is 8.77. The number of nitrogens with one attached hydrogen (secondary N) is 1. The van der Waals surface area contributed by atoms with E-state index >= 15 is 0 Å². The van der Waals surface area contributed by atoms with Crippen LogP contribution in [0.2, 0.25) is 0 Å². The molecule has 3 aromatic rings. The number of aliphatic hydroxyl groups excluding tert-OH is 1. The minimum atomic E-state index is -0.587. The summed E-state index contributed by atoms with van der Waals surface area (Å²) < 4.78 is 18.1. The van der Waals surface area contributed by atoms with Crippen LogP contribution in [0.3, 0.4) is 0 Å². The molecule has 1 heterocycles. The molecule has 0 aliphatic carbocycles. The van der Waals surface area contributed by atoms with E-state index in [0.717, 1.165) is 23.2 Å². The first-order valence-electron chi connectivity index (χ1n) is 13.3. The second kappa shape index (κ2) is 13.5. The molecule has 7 heteroatoms. The molecular weight excluding hydrogens is 492 g/mol. The molecule has 39 heavy (non-hydrogen) atoms. The van der Waals surface area contributed by atoms with Crippen molar-refractivity contribution in [3.05, 3.63) is 114 Å². The number of likely N-dealkylation sites (N-methyl/N-ethyl adjacent to an activating group) is 1. The normalized spacial score (nSPS) is 21.8. The van der Waals surface area contributed by atoms with Gasteiger partial charge in [0, 0.05) is 29.8 Å². The number of rotatable bonds is 10. The molecule has 0 bridgehead atoms. The van der Waals surface area contributed by atoms with Crippen molar-refractivity contribution < 1.29 is 24.1 Å². The highest BCUT2D eigenvalue weighted by atomic mass is 16.7. The highest BCUT2D eigenvalue weighted by molar-refractivity contribution is 5.84. The summed E-state index contributed by atoms with van der Waals surface area (Å²) in [7, 11) is 2.12. The van der Waals surface area contributed by atoms with E-state index in [1.807, 2.05) is 42.5 Å². The number of hydrogen-bond donors (Lipinski definition) is 2. The summed E-state index contributed by atoms with van der Waals surface area (Å²) in [5.74, 6) is 0.0761. The number of anilines is 1. The van der Waals surface area contributed by atoms with Crippen LogP contribution in [0.25, 0.3) is 0 Å². The first-order valence-corrected chi connectivity index (χ1v) is 13.3. The van der Waals surface area contributed by atoms with Crippen LogP contribution < -0.4 is 5.32 Å². The van der Waals surface area contributed by atoms with Gasteiger partial charge < -0.3 is 19.3 Å². The van der Waals surface area contributed by atoms with Gasteiger partial charge in [0.25, 0.3) is 0 Å². The maximum Gasteiger partial charge on any atom is 0.411 e. The first-order chi connectivity index (χ1) is 18.9. The number of ether oxygens (including phenoxy) is 3. The maximum absolute atomic E-state index is 11.9. The summed E-state index contributed by atoms with van der Waals surface area (Å²) >= 11 is 0. The van der Waals surface area contributed by atoms with Gasteiger partial charge in [-0.3, -0.25) is 10.2 Å². The standard InChI is InChI=1S/C32H38N2O5/c1-5-19-37-32(36)33-28-17-15-27(16-18-28)31-38-29(20-34(4)23(3)25-9-7-6-8-10-25)22(2)30(39-31)26-13-11-24(21-35)12-14-26/h5-18,22-23,29-31,35H,1,19-21H2,2-4H3,(H,33,36). The highest BCUT2D eigenvalue weighted by Crippen LogP contribution is 2.42. The Bertz CT molecular complexity index is 1200. The van der Waals surface area contributed by atoms with E-state index in [2.05, 4.69) is 62.0 Å². The number of carbonyl (C=O) groups is 1. The molecule has 1 aliphatic heterocycles. The molecule has 1 aliphatic rings. The summed E-state index contributed by atoms with van der Waals surface area (Å²) in [4.78, 5) is 14.2. The minimum absolute atomic E-state index is 0.000591. The molecule has 0 saturated carbocycles. The minimum Gasteiger partial charge on any atom is -0.445 e. The number of aliphatic hydroxyl groups is 1. The third-order valence-electron chi connectivity index (χ3n) is 7.30. The zero-order chi connectivity index (χ0) is 27.8. The zero-order valence-corrected chi connectivity index (χ0v) is 22.8. The molecule has 206 valence electrons. The number of nitrogens with zero attached hydrogens (tertiary/aromatic N) is 1. The molecule has 4 rings (SSSR count). The van der Waals surface area contributed by atoms with Crippen molar-refractivity contribution in [1.29, 1.82) is 0 Å². The van der Waals surface area contributed by atoms with Crippen LogP contribution in [0.4, 0.5) is 10.5 Å². The van der Waals surface area contributed by atoms with E-state index in [9.17, 15) is 9.90 Å². The molecule has 5 unspecified atom stereocenters. The Balaban J connectivity index is 1.54. The van der Waals surface area contributed by atoms with Crippen LogP contribution in [0.5, 0.6) is 0 Å². The number of benzene rings is 3. The predicted molar refractivity (Wildman–Crippen MR) is 152 cm³/mol. The lowest BCUT2D eigenvalue weighted by Crippen LogP contribution is -2.44. The number of amides is 1. The molecule has 1 saturated heterocycles.